The van der Waals surface area contributed by atoms with E-state index in [0.29, 0.717) is 29.2 Å². The number of hydrogen-bond acceptors (Lipinski definition) is 10. The van der Waals surface area contributed by atoms with E-state index in [2.05, 4.69) is 15.1 Å². The molecule has 2 unspecified atom stereocenters. The van der Waals surface area contributed by atoms with Gasteiger partial charge in [0.15, 0.2) is 11.7 Å². The van der Waals surface area contributed by atoms with Crippen molar-refractivity contribution in [3.8, 4) is 0 Å². The SMILES string of the molecule is CCC(C)(CCO[C@H]([C@H](O)CO)n1c[n+]2c3c(ncnc31)N(C)N=C2C)OP(=O)(O)C(C)(C)O. The summed E-state index contributed by atoms with van der Waals surface area (Å²) in [6, 6.07) is 0. The number of hydrogen-bond donors (Lipinski definition) is 4. The lowest BCUT2D eigenvalue weighted by Gasteiger charge is -2.35. The molecule has 14 heteroatoms. The zero-order chi connectivity index (χ0) is 25.5. The first kappa shape index (κ1) is 26.6. The van der Waals surface area contributed by atoms with Gasteiger partial charge < -0.3 is 29.5 Å². The van der Waals surface area contributed by atoms with E-state index in [-0.39, 0.29) is 13.0 Å². The number of imidazole rings is 1. The van der Waals surface area contributed by atoms with Crippen molar-refractivity contribution in [1.29, 1.82) is 0 Å². The Morgan fingerprint density at radius 3 is 2.56 bits per heavy atom. The van der Waals surface area contributed by atoms with Crippen LogP contribution in [0.25, 0.3) is 11.2 Å². The topological polar surface area (TPSA) is 167 Å². The number of aliphatic hydroxyl groups excluding tert-OH is 2. The second-order valence-electron chi connectivity index (χ2n) is 9.10. The highest BCUT2D eigenvalue weighted by Gasteiger charge is 2.44. The zero-order valence-corrected chi connectivity index (χ0v) is 21.2. The van der Waals surface area contributed by atoms with Gasteiger partial charge in [-0.05, 0) is 32.3 Å². The van der Waals surface area contributed by atoms with Crippen LogP contribution < -0.4 is 9.58 Å². The van der Waals surface area contributed by atoms with Crippen LogP contribution in [0.1, 0.15) is 53.7 Å². The highest BCUT2D eigenvalue weighted by Crippen LogP contribution is 2.57. The van der Waals surface area contributed by atoms with Crippen molar-refractivity contribution < 1.29 is 38.6 Å². The molecule has 0 saturated heterocycles. The van der Waals surface area contributed by atoms with Gasteiger partial charge in [-0.1, -0.05) is 6.92 Å². The predicted octanol–water partition coefficient (Wildman–Crippen LogP) is 0.708. The van der Waals surface area contributed by atoms with Gasteiger partial charge in [0.1, 0.15) is 12.4 Å². The summed E-state index contributed by atoms with van der Waals surface area (Å²) < 4.78 is 27.3. The predicted molar refractivity (Wildman–Crippen MR) is 123 cm³/mol. The monoisotopic (exact) mass is 501 g/mol. The van der Waals surface area contributed by atoms with E-state index in [4.69, 9.17) is 9.26 Å². The third-order valence-corrected chi connectivity index (χ3v) is 8.02. The molecule has 1 aliphatic heterocycles. The van der Waals surface area contributed by atoms with Crippen molar-refractivity contribution in [2.24, 2.45) is 5.10 Å². The van der Waals surface area contributed by atoms with Crippen LogP contribution in [0.4, 0.5) is 5.82 Å². The van der Waals surface area contributed by atoms with Crippen molar-refractivity contribution in [1.82, 2.24) is 14.5 Å². The molecule has 13 nitrogen and oxygen atoms in total. The third kappa shape index (κ3) is 5.01. The maximum Gasteiger partial charge on any atom is 0.359 e. The number of anilines is 1. The Kier molecular flexibility index (Phi) is 7.49. The number of aromatic nitrogens is 4. The lowest BCUT2D eigenvalue weighted by Crippen LogP contribution is -2.45. The third-order valence-electron chi connectivity index (χ3n) is 5.95. The maximum absolute atomic E-state index is 12.5. The fourth-order valence-corrected chi connectivity index (χ4v) is 4.58. The molecule has 0 radical (unpaired) electrons. The van der Waals surface area contributed by atoms with Crippen LogP contribution in [-0.4, -0.2) is 77.9 Å². The van der Waals surface area contributed by atoms with E-state index in [1.54, 1.807) is 41.4 Å². The molecule has 2 aromatic heterocycles. The number of hydrazone groups is 1. The Hall–Kier alpha value is -1.99. The summed E-state index contributed by atoms with van der Waals surface area (Å²) >= 11 is 0. The van der Waals surface area contributed by atoms with Gasteiger partial charge in [-0.3, -0.25) is 4.57 Å². The Labute approximate surface area is 197 Å². The molecule has 0 spiro atoms. The van der Waals surface area contributed by atoms with E-state index < -0.39 is 37.5 Å². The van der Waals surface area contributed by atoms with Gasteiger partial charge in [-0.2, -0.15) is 9.58 Å². The van der Waals surface area contributed by atoms with Crippen molar-refractivity contribution >= 4 is 30.4 Å². The fraction of sp³-hybridized carbons (Fsp3) is 0.700. The Morgan fingerprint density at radius 2 is 1.97 bits per heavy atom. The molecule has 4 N–H and O–H groups in total. The summed E-state index contributed by atoms with van der Waals surface area (Å²) in [7, 11) is -2.57. The molecular formula is C20H34N6O7P+. The van der Waals surface area contributed by atoms with Gasteiger partial charge in [0.25, 0.3) is 5.84 Å². The van der Waals surface area contributed by atoms with Gasteiger partial charge in [0.2, 0.25) is 23.2 Å². The van der Waals surface area contributed by atoms with Crippen LogP contribution in [-0.2, 0) is 13.8 Å². The molecule has 190 valence electrons. The minimum absolute atomic E-state index is 0.0164. The van der Waals surface area contributed by atoms with Crippen molar-refractivity contribution in [3.05, 3.63) is 12.7 Å². The molecule has 4 atom stereocenters. The summed E-state index contributed by atoms with van der Waals surface area (Å²) in [5.41, 5.74) is 0.0615. The highest BCUT2D eigenvalue weighted by molar-refractivity contribution is 7.54. The molecule has 0 amide bonds. The minimum atomic E-state index is -4.34. The van der Waals surface area contributed by atoms with Gasteiger partial charge in [-0.25, -0.2) is 14.5 Å². The van der Waals surface area contributed by atoms with Crippen molar-refractivity contribution in [2.45, 2.75) is 70.7 Å². The highest BCUT2D eigenvalue weighted by atomic mass is 31.2. The van der Waals surface area contributed by atoms with Crippen LogP contribution in [0.5, 0.6) is 0 Å². The molecule has 0 aliphatic carbocycles. The molecule has 34 heavy (non-hydrogen) atoms. The van der Waals surface area contributed by atoms with E-state index in [1.807, 2.05) is 6.92 Å². The molecule has 0 fully saturated rings. The first-order valence-corrected chi connectivity index (χ1v) is 12.6. The lowest BCUT2D eigenvalue weighted by atomic mass is 10.0. The van der Waals surface area contributed by atoms with Crippen LogP contribution in [0.2, 0.25) is 0 Å². The first-order valence-electron chi connectivity index (χ1n) is 11.0. The number of rotatable bonds is 11. The smallest absolute Gasteiger partial charge is 0.359 e. The average molecular weight is 502 g/mol. The molecule has 0 saturated carbocycles. The second kappa shape index (κ2) is 9.57. The largest absolute Gasteiger partial charge is 0.393 e. The molecule has 0 bridgehead atoms. The maximum atomic E-state index is 12.5. The number of ether oxygens (including phenoxy) is 1. The number of nitrogens with zero attached hydrogens (tertiary/aromatic N) is 6. The van der Waals surface area contributed by atoms with Crippen LogP contribution in [0, 0.1) is 0 Å². The van der Waals surface area contributed by atoms with E-state index >= 15 is 0 Å². The van der Waals surface area contributed by atoms with Gasteiger partial charge in [0.05, 0.1) is 18.8 Å². The summed E-state index contributed by atoms with van der Waals surface area (Å²) in [6.07, 6.45) is 1.29. The lowest BCUT2D eigenvalue weighted by molar-refractivity contribution is -0.530. The van der Waals surface area contributed by atoms with Crippen LogP contribution in [0.3, 0.4) is 0 Å². The van der Waals surface area contributed by atoms with Crippen molar-refractivity contribution in [2.75, 3.05) is 25.3 Å². The average Bonchev–Trinajstić information content (AvgIpc) is 3.14. The Bertz CT molecular complexity index is 1120. The minimum Gasteiger partial charge on any atom is -0.393 e. The molecular weight excluding hydrogens is 467 g/mol. The van der Waals surface area contributed by atoms with Gasteiger partial charge in [-0.15, -0.1) is 0 Å². The standard InChI is InChI=1S/C20H33N6O7P/c1-7-20(5,33-34(30,31)19(3,4)29)8-9-32-18(14(28)10-27)26-12-25-13(2)23-24(6)16-15(25)17(26)22-11-21-16/h11-12,14,18,27-29H,7-10H2,1-6H3/p+1/t14-,18-,20?/m1/s1. The first-order chi connectivity index (χ1) is 15.7. The quantitative estimate of drug-likeness (QED) is 0.254. The summed E-state index contributed by atoms with van der Waals surface area (Å²) in [6.45, 7) is 7.13. The molecule has 3 rings (SSSR count). The molecule has 3 heterocycles. The zero-order valence-electron chi connectivity index (χ0n) is 20.3. The van der Waals surface area contributed by atoms with Crippen molar-refractivity contribution in [3.63, 3.8) is 0 Å². The van der Waals surface area contributed by atoms with E-state index in [9.17, 15) is 24.8 Å². The molecule has 0 aromatic carbocycles. The van der Waals surface area contributed by atoms with Crippen LogP contribution in [0.15, 0.2) is 17.8 Å². The summed E-state index contributed by atoms with van der Waals surface area (Å²) in [5.74, 6) is 1.23. The molecule has 1 aliphatic rings. The normalized spacial score (nSPS) is 19.5. The fourth-order valence-electron chi connectivity index (χ4n) is 3.54. The van der Waals surface area contributed by atoms with E-state index in [1.165, 1.54) is 20.2 Å². The second-order valence-corrected chi connectivity index (χ2v) is 11.4. The summed E-state index contributed by atoms with van der Waals surface area (Å²) in [5, 5.41) is 34.4. The van der Waals surface area contributed by atoms with Gasteiger partial charge >= 0.3 is 7.60 Å². The number of aliphatic hydroxyl groups is 3. The van der Waals surface area contributed by atoms with Crippen LogP contribution >= 0.6 is 7.60 Å². The van der Waals surface area contributed by atoms with E-state index in [0.717, 1.165) is 0 Å². The van der Waals surface area contributed by atoms with Gasteiger partial charge in [0, 0.05) is 20.4 Å². The summed E-state index contributed by atoms with van der Waals surface area (Å²) in [4.78, 5) is 18.8. The molecule has 2 aromatic rings. The Morgan fingerprint density at radius 1 is 1.29 bits per heavy atom. The Balaban J connectivity index is 1.87.